The van der Waals surface area contributed by atoms with Gasteiger partial charge in [0.25, 0.3) is 0 Å². The van der Waals surface area contributed by atoms with Gasteiger partial charge in [-0.05, 0) is 120 Å². The van der Waals surface area contributed by atoms with Crippen LogP contribution in [0.4, 0.5) is 43.9 Å². The molecule has 5 nitrogen and oxygen atoms in total. The topological polar surface area (TPSA) is 90.2 Å². The van der Waals surface area contributed by atoms with E-state index in [4.69, 9.17) is 4.74 Å². The lowest BCUT2D eigenvalue weighted by atomic mass is 9.82. The molecule has 0 aromatic heterocycles. The molecule has 6 aromatic carbocycles. The van der Waals surface area contributed by atoms with Crippen LogP contribution in [-0.2, 0) is 19.3 Å². The minimum Gasteiger partial charge on any atom is -0.508 e. The van der Waals surface area contributed by atoms with Gasteiger partial charge in [-0.2, -0.15) is 26.3 Å². The van der Waals surface area contributed by atoms with E-state index in [1.807, 2.05) is 13.8 Å². The van der Waals surface area contributed by atoms with Crippen molar-refractivity contribution >= 4 is 11.6 Å². The van der Waals surface area contributed by atoms with Gasteiger partial charge in [0.05, 0.1) is 6.42 Å². The smallest absolute Gasteiger partial charge is 0.392 e. The standard InChI is InChI=1S/C25H23F5O3.C25H19F5O2.CH3/c1-2-3-15-10-22(32)18(12-20(15)26)24(14-4-6-17(31)7-5-14)19-13-21(27)16(11-23(19)33)8-9-25(28,29)30;1-2-3-15-10-22-18(12-20(15)26)24(14-4-6-17(31)7-5-14)19-13-21(27)16(11-23(19)32-22)8-9-25(28,29)30;/h4-7,10-13,24,31-33H,2-3,8-9H2,1H3;4-8,10-13,31H,2-3,9H2,1H3;1H3/q;;-1/b;16-8-;. The molecule has 350 valence electrons. The van der Waals surface area contributed by atoms with Gasteiger partial charge in [-0.15, -0.1) is 0 Å². The first-order valence-corrected chi connectivity index (χ1v) is 20.4. The second kappa shape index (κ2) is 20.7. The van der Waals surface area contributed by atoms with Crippen LogP contribution in [0.5, 0.6) is 34.5 Å². The highest BCUT2D eigenvalue weighted by atomic mass is 19.4. The normalized spacial score (nSPS) is 12.9. The molecule has 4 N–H and O–H groups in total. The fourth-order valence-electron chi connectivity index (χ4n) is 7.60. The molecule has 0 aliphatic carbocycles. The van der Waals surface area contributed by atoms with E-state index in [1.54, 1.807) is 18.2 Å². The molecule has 0 amide bonds. The molecule has 0 saturated heterocycles. The molecule has 1 aliphatic rings. The van der Waals surface area contributed by atoms with E-state index >= 15 is 0 Å². The number of alkyl halides is 6. The summed E-state index contributed by atoms with van der Waals surface area (Å²) >= 11 is 0. The molecule has 1 unspecified atom stereocenters. The molecular weight excluding hydrogens is 883 g/mol. The van der Waals surface area contributed by atoms with Gasteiger partial charge in [-0.25, -0.2) is 17.6 Å². The van der Waals surface area contributed by atoms with Gasteiger partial charge in [0.15, 0.2) is 0 Å². The summed E-state index contributed by atoms with van der Waals surface area (Å²) in [5, 5.41) is 40.6. The van der Waals surface area contributed by atoms with Crippen LogP contribution in [0, 0.1) is 30.7 Å². The quantitative estimate of drug-likeness (QED) is 0.0589. The predicted octanol–water partition coefficient (Wildman–Crippen LogP) is 12.9. The van der Waals surface area contributed by atoms with E-state index in [-0.39, 0.29) is 57.6 Å². The van der Waals surface area contributed by atoms with Crippen molar-refractivity contribution in [2.24, 2.45) is 0 Å². The number of fused-ring (bicyclic) bond motifs is 2. The Morgan fingerprint density at radius 1 is 0.561 bits per heavy atom. The summed E-state index contributed by atoms with van der Waals surface area (Å²) in [6, 6.07) is 21.1. The van der Waals surface area contributed by atoms with Crippen molar-refractivity contribution in [3.05, 3.63) is 183 Å². The number of aromatic hydroxyl groups is 4. The maximum absolute atomic E-state index is 14.8. The summed E-state index contributed by atoms with van der Waals surface area (Å²) < 4.78 is 140. The fourth-order valence-corrected chi connectivity index (χ4v) is 7.60. The molecule has 1 atom stereocenters. The number of rotatable bonds is 11. The van der Waals surface area contributed by atoms with Crippen LogP contribution in [0.3, 0.4) is 0 Å². The number of hydrogen-bond acceptors (Lipinski definition) is 5. The van der Waals surface area contributed by atoms with E-state index in [2.05, 4.69) is 0 Å². The van der Waals surface area contributed by atoms with Gasteiger partial charge in [0.2, 0.25) is 0 Å². The number of benzene rings is 6. The van der Waals surface area contributed by atoms with E-state index < -0.39 is 66.6 Å². The summed E-state index contributed by atoms with van der Waals surface area (Å²) in [7, 11) is 0. The second-order valence-corrected chi connectivity index (χ2v) is 15.5. The number of phenols is 4. The number of hydrogen-bond donors (Lipinski definition) is 4. The Labute approximate surface area is 374 Å². The lowest BCUT2D eigenvalue weighted by Gasteiger charge is -2.22. The first-order valence-electron chi connectivity index (χ1n) is 20.4. The van der Waals surface area contributed by atoms with Crippen LogP contribution in [-0.4, -0.2) is 32.8 Å². The predicted molar refractivity (Wildman–Crippen MR) is 231 cm³/mol. The maximum atomic E-state index is 14.8. The Morgan fingerprint density at radius 3 is 1.58 bits per heavy atom. The minimum atomic E-state index is -4.49. The van der Waals surface area contributed by atoms with Crippen LogP contribution in [0.15, 0.2) is 97.1 Å². The zero-order valence-electron chi connectivity index (χ0n) is 35.8. The number of phenolic OH excluding ortho intramolecular Hbond substituents is 4. The van der Waals surface area contributed by atoms with Crippen molar-refractivity contribution in [1.29, 1.82) is 0 Å². The van der Waals surface area contributed by atoms with Crippen molar-refractivity contribution < 1.29 is 69.1 Å². The molecule has 0 bridgehead atoms. The highest BCUT2D eigenvalue weighted by molar-refractivity contribution is 5.85. The number of aryl methyl sites for hydroxylation is 3. The lowest BCUT2D eigenvalue weighted by molar-refractivity contribution is -0.134. The third-order valence-corrected chi connectivity index (χ3v) is 10.7. The van der Waals surface area contributed by atoms with E-state index in [0.717, 1.165) is 30.3 Å². The van der Waals surface area contributed by atoms with Crippen molar-refractivity contribution in [2.45, 2.75) is 77.1 Å². The van der Waals surface area contributed by atoms with Crippen LogP contribution in [0.1, 0.15) is 90.0 Å². The van der Waals surface area contributed by atoms with Crippen molar-refractivity contribution in [3.63, 3.8) is 0 Å². The molecule has 66 heavy (non-hydrogen) atoms. The van der Waals surface area contributed by atoms with Crippen LogP contribution < -0.4 is 15.2 Å². The second-order valence-electron chi connectivity index (χ2n) is 15.5. The van der Waals surface area contributed by atoms with Crippen LogP contribution in [0.2, 0.25) is 0 Å². The zero-order chi connectivity index (χ0) is 47.4. The van der Waals surface area contributed by atoms with Gasteiger partial charge in [-0.3, -0.25) is 0 Å². The molecule has 0 radical (unpaired) electrons. The van der Waals surface area contributed by atoms with Gasteiger partial charge >= 0.3 is 12.4 Å². The molecule has 6 aromatic rings. The van der Waals surface area contributed by atoms with Gasteiger partial charge in [0.1, 0.15) is 57.8 Å². The van der Waals surface area contributed by atoms with Crippen molar-refractivity contribution in [2.75, 3.05) is 0 Å². The largest absolute Gasteiger partial charge is 0.508 e. The average molecular weight is 928 g/mol. The summed E-state index contributed by atoms with van der Waals surface area (Å²) in [4.78, 5) is 0. The molecule has 0 spiro atoms. The van der Waals surface area contributed by atoms with Gasteiger partial charge < -0.3 is 32.6 Å². The Kier molecular flexibility index (Phi) is 15.8. The maximum Gasteiger partial charge on any atom is 0.392 e. The third-order valence-electron chi connectivity index (χ3n) is 10.7. The average Bonchev–Trinajstić information content (AvgIpc) is 3.23. The molecule has 0 saturated carbocycles. The lowest BCUT2D eigenvalue weighted by Crippen LogP contribution is -2.23. The number of halogens is 10. The Bertz CT molecular complexity index is 2800. The van der Waals surface area contributed by atoms with Crippen LogP contribution in [0.25, 0.3) is 11.6 Å². The summed E-state index contributed by atoms with van der Waals surface area (Å²) in [6.07, 6.45) is -9.15. The molecule has 1 heterocycles. The van der Waals surface area contributed by atoms with Crippen LogP contribution >= 0.6 is 0 Å². The van der Waals surface area contributed by atoms with Crippen molar-refractivity contribution in [3.8, 4) is 34.5 Å². The third kappa shape index (κ3) is 12.0. The number of ether oxygens (including phenoxy) is 1. The summed E-state index contributed by atoms with van der Waals surface area (Å²) in [5.74, 6) is -4.19. The Balaban J connectivity index is 0.000000244. The zero-order valence-corrected chi connectivity index (χ0v) is 35.8. The molecule has 1 aliphatic heterocycles. The minimum absolute atomic E-state index is 0. The van der Waals surface area contributed by atoms with Gasteiger partial charge in [0, 0.05) is 45.0 Å². The molecular formula is C51H45F10O5-. The van der Waals surface area contributed by atoms with Gasteiger partial charge in [-0.1, -0.05) is 57.0 Å². The molecule has 7 rings (SSSR count). The van der Waals surface area contributed by atoms with E-state index in [0.29, 0.717) is 64.8 Å². The van der Waals surface area contributed by atoms with E-state index in [9.17, 15) is 64.3 Å². The fraction of sp³-hybridized carbons (Fsp3) is 0.235. The first kappa shape index (κ1) is 50.4. The Morgan fingerprint density at radius 2 is 1.06 bits per heavy atom. The summed E-state index contributed by atoms with van der Waals surface area (Å²) in [5.41, 5.74) is 2.23. The molecule has 15 heteroatoms. The van der Waals surface area contributed by atoms with E-state index in [1.165, 1.54) is 54.6 Å². The van der Waals surface area contributed by atoms with Crippen molar-refractivity contribution in [1.82, 2.24) is 0 Å². The monoisotopic (exact) mass is 927 g/mol. The summed E-state index contributed by atoms with van der Waals surface area (Å²) in [6.45, 7) is 3.76. The SMILES string of the molecule is CCCc1cc(O)c(C(c2ccc(O)cc2)c2cc(F)c(CCC(F)(F)F)cc2O)cc1F.CCCc1cc2c(cc1F)C(c1ccc(O)cc1)=c1cc(F)/c(=C\CC(F)(F)F)cc1O2.[CH3-]. The first-order chi connectivity index (χ1) is 30.7. The Hall–Kier alpha value is -6.64. The molecule has 0 fully saturated rings. The highest BCUT2D eigenvalue weighted by Gasteiger charge is 2.30. The highest BCUT2D eigenvalue weighted by Crippen LogP contribution is 2.43.